The van der Waals surface area contributed by atoms with Crippen LogP contribution in [0.1, 0.15) is 34.5 Å². The van der Waals surface area contributed by atoms with Crippen molar-refractivity contribution in [2.75, 3.05) is 6.54 Å². The topological polar surface area (TPSA) is 24.9 Å². The highest BCUT2D eigenvalue weighted by Gasteiger charge is 2.16. The molecule has 0 aliphatic heterocycles. The summed E-state index contributed by atoms with van der Waals surface area (Å²) >= 11 is 1.71. The Morgan fingerprint density at radius 1 is 1.35 bits per heavy atom. The molecule has 2 rings (SSSR count). The number of benzene rings is 1. The molecule has 0 aliphatic rings. The van der Waals surface area contributed by atoms with Gasteiger partial charge in [0, 0.05) is 11.1 Å². The summed E-state index contributed by atoms with van der Waals surface area (Å²) in [6.07, 6.45) is 1.96. The van der Waals surface area contributed by atoms with Crippen molar-refractivity contribution in [2.45, 2.75) is 26.8 Å². The van der Waals surface area contributed by atoms with Crippen molar-refractivity contribution in [1.82, 2.24) is 10.3 Å². The predicted octanol–water partition coefficient (Wildman–Crippen LogP) is 3.46. The SMILES string of the molecule is CCNC(c1cncs1)c1ccc(C)cc1C. The van der Waals surface area contributed by atoms with E-state index in [9.17, 15) is 0 Å². The maximum absolute atomic E-state index is 4.18. The summed E-state index contributed by atoms with van der Waals surface area (Å²) in [5.74, 6) is 0. The molecule has 0 amide bonds. The fraction of sp³-hybridized carbons (Fsp3) is 0.357. The van der Waals surface area contributed by atoms with Crippen LogP contribution in [-0.4, -0.2) is 11.5 Å². The number of rotatable bonds is 4. The molecule has 1 aromatic heterocycles. The molecule has 2 nitrogen and oxygen atoms in total. The second-order valence-corrected chi connectivity index (χ2v) is 5.17. The summed E-state index contributed by atoms with van der Waals surface area (Å²) in [6, 6.07) is 6.90. The van der Waals surface area contributed by atoms with E-state index in [1.54, 1.807) is 11.3 Å². The molecule has 0 saturated heterocycles. The maximum atomic E-state index is 4.18. The molecule has 1 unspecified atom stereocenters. The number of nitrogens with zero attached hydrogens (tertiary/aromatic N) is 1. The summed E-state index contributed by atoms with van der Waals surface area (Å²) in [7, 11) is 0. The smallest absolute Gasteiger partial charge is 0.0794 e. The van der Waals surface area contributed by atoms with Gasteiger partial charge in [-0.3, -0.25) is 4.98 Å². The van der Waals surface area contributed by atoms with Crippen LogP contribution in [0, 0.1) is 13.8 Å². The fourth-order valence-corrected chi connectivity index (χ4v) is 2.80. The number of thiazole rings is 1. The third-order valence-corrected chi connectivity index (χ3v) is 3.72. The Kier molecular flexibility index (Phi) is 3.92. The highest BCUT2D eigenvalue weighted by Crippen LogP contribution is 2.27. The van der Waals surface area contributed by atoms with E-state index in [4.69, 9.17) is 0 Å². The third-order valence-electron chi connectivity index (χ3n) is 2.88. The van der Waals surface area contributed by atoms with E-state index >= 15 is 0 Å². The van der Waals surface area contributed by atoms with Crippen LogP contribution in [-0.2, 0) is 0 Å². The van der Waals surface area contributed by atoms with Crippen LogP contribution < -0.4 is 5.32 Å². The quantitative estimate of drug-likeness (QED) is 0.893. The Morgan fingerprint density at radius 3 is 2.76 bits per heavy atom. The third kappa shape index (κ3) is 2.73. The molecule has 1 aromatic carbocycles. The molecule has 90 valence electrons. The van der Waals surface area contributed by atoms with Gasteiger partial charge >= 0.3 is 0 Å². The van der Waals surface area contributed by atoms with E-state index in [1.807, 2.05) is 11.7 Å². The van der Waals surface area contributed by atoms with Crippen molar-refractivity contribution in [3.63, 3.8) is 0 Å². The minimum Gasteiger partial charge on any atom is -0.306 e. The monoisotopic (exact) mass is 246 g/mol. The first-order chi connectivity index (χ1) is 8.22. The largest absolute Gasteiger partial charge is 0.306 e. The molecule has 0 radical (unpaired) electrons. The summed E-state index contributed by atoms with van der Waals surface area (Å²) < 4.78 is 0. The molecular formula is C14H18N2S. The van der Waals surface area contributed by atoms with Crippen LogP contribution in [0.4, 0.5) is 0 Å². The summed E-state index contributed by atoms with van der Waals surface area (Å²) in [4.78, 5) is 5.45. The standard InChI is InChI=1S/C14H18N2S/c1-4-16-14(13-8-15-9-17-13)12-6-5-10(2)7-11(12)3/h5-9,14,16H,4H2,1-3H3. The van der Waals surface area contributed by atoms with Crippen molar-refractivity contribution in [1.29, 1.82) is 0 Å². The minimum absolute atomic E-state index is 0.271. The van der Waals surface area contributed by atoms with E-state index < -0.39 is 0 Å². The molecule has 0 fully saturated rings. The zero-order valence-corrected chi connectivity index (χ0v) is 11.3. The van der Waals surface area contributed by atoms with E-state index in [-0.39, 0.29) is 6.04 Å². The first-order valence-electron chi connectivity index (χ1n) is 5.91. The molecule has 1 N–H and O–H groups in total. The lowest BCUT2D eigenvalue weighted by Gasteiger charge is -2.19. The Hall–Kier alpha value is -1.19. The summed E-state index contributed by atoms with van der Waals surface area (Å²) in [6.45, 7) is 7.40. The molecule has 1 atom stereocenters. The number of aromatic nitrogens is 1. The van der Waals surface area contributed by atoms with Crippen LogP contribution in [0.5, 0.6) is 0 Å². The Labute approximate surface area is 107 Å². The van der Waals surface area contributed by atoms with Gasteiger partial charge in [0.2, 0.25) is 0 Å². The van der Waals surface area contributed by atoms with Gasteiger partial charge in [0.1, 0.15) is 0 Å². The number of aryl methyl sites for hydroxylation is 2. The molecule has 2 aromatic rings. The highest BCUT2D eigenvalue weighted by molar-refractivity contribution is 7.09. The molecule has 0 bridgehead atoms. The van der Waals surface area contributed by atoms with Gasteiger partial charge in [-0.1, -0.05) is 30.7 Å². The molecule has 0 aliphatic carbocycles. The van der Waals surface area contributed by atoms with E-state index in [0.29, 0.717) is 0 Å². The lowest BCUT2D eigenvalue weighted by molar-refractivity contribution is 0.635. The van der Waals surface area contributed by atoms with Crippen LogP contribution in [0.25, 0.3) is 0 Å². The van der Waals surface area contributed by atoms with E-state index in [1.165, 1.54) is 21.6 Å². The highest BCUT2D eigenvalue weighted by atomic mass is 32.1. The van der Waals surface area contributed by atoms with Gasteiger partial charge in [0.25, 0.3) is 0 Å². The van der Waals surface area contributed by atoms with Crippen LogP contribution in [0.2, 0.25) is 0 Å². The Bertz CT molecular complexity index is 477. The second-order valence-electron chi connectivity index (χ2n) is 4.25. The van der Waals surface area contributed by atoms with Gasteiger partial charge in [-0.15, -0.1) is 11.3 Å². The average Bonchev–Trinajstić information content (AvgIpc) is 2.80. The van der Waals surface area contributed by atoms with Crippen molar-refractivity contribution in [3.05, 3.63) is 51.5 Å². The number of hydrogen-bond donors (Lipinski definition) is 1. The maximum Gasteiger partial charge on any atom is 0.0794 e. The van der Waals surface area contributed by atoms with Crippen molar-refractivity contribution in [3.8, 4) is 0 Å². The van der Waals surface area contributed by atoms with Crippen LogP contribution in [0.3, 0.4) is 0 Å². The lowest BCUT2D eigenvalue weighted by atomic mass is 9.98. The zero-order valence-electron chi connectivity index (χ0n) is 10.5. The molecule has 0 spiro atoms. The number of nitrogens with one attached hydrogen (secondary N) is 1. The number of hydrogen-bond acceptors (Lipinski definition) is 3. The van der Waals surface area contributed by atoms with E-state index in [0.717, 1.165) is 6.54 Å². The predicted molar refractivity (Wildman–Crippen MR) is 73.5 cm³/mol. The second kappa shape index (κ2) is 5.43. The lowest BCUT2D eigenvalue weighted by Crippen LogP contribution is -2.21. The fourth-order valence-electron chi connectivity index (χ4n) is 2.09. The summed E-state index contributed by atoms with van der Waals surface area (Å²) in [5.41, 5.74) is 5.89. The van der Waals surface area contributed by atoms with Gasteiger partial charge in [0.15, 0.2) is 0 Å². The summed E-state index contributed by atoms with van der Waals surface area (Å²) in [5, 5.41) is 3.53. The molecule has 0 saturated carbocycles. The van der Waals surface area contributed by atoms with Crippen molar-refractivity contribution < 1.29 is 0 Å². The minimum atomic E-state index is 0.271. The van der Waals surface area contributed by atoms with Crippen LogP contribution >= 0.6 is 11.3 Å². The first kappa shape index (κ1) is 12.3. The Morgan fingerprint density at radius 2 is 2.18 bits per heavy atom. The van der Waals surface area contributed by atoms with Crippen molar-refractivity contribution in [2.24, 2.45) is 0 Å². The Balaban J connectivity index is 2.39. The molecule has 1 heterocycles. The van der Waals surface area contributed by atoms with Crippen LogP contribution in [0.15, 0.2) is 29.9 Å². The molecule has 17 heavy (non-hydrogen) atoms. The molecular weight excluding hydrogens is 228 g/mol. The first-order valence-corrected chi connectivity index (χ1v) is 6.79. The zero-order chi connectivity index (χ0) is 12.3. The normalized spacial score (nSPS) is 12.6. The van der Waals surface area contributed by atoms with Gasteiger partial charge in [0.05, 0.1) is 11.6 Å². The van der Waals surface area contributed by atoms with Gasteiger partial charge in [-0.25, -0.2) is 0 Å². The van der Waals surface area contributed by atoms with Crippen molar-refractivity contribution >= 4 is 11.3 Å². The van der Waals surface area contributed by atoms with Gasteiger partial charge in [-0.05, 0) is 31.5 Å². The van der Waals surface area contributed by atoms with Gasteiger partial charge < -0.3 is 5.32 Å². The average molecular weight is 246 g/mol. The molecule has 3 heteroatoms. The van der Waals surface area contributed by atoms with Gasteiger partial charge in [-0.2, -0.15) is 0 Å². The van der Waals surface area contributed by atoms with E-state index in [2.05, 4.69) is 49.3 Å².